The molecule has 1 unspecified atom stereocenters. The molecule has 2 aromatic rings. The Labute approximate surface area is 126 Å². The Morgan fingerprint density at radius 1 is 1.25 bits per heavy atom. The SMILES string of the molecule is COCCOc1ccc(C(O)c2ccc(C)o2)cc1Br. The van der Waals surface area contributed by atoms with Crippen LogP contribution in [-0.4, -0.2) is 25.4 Å². The number of furan rings is 1. The number of benzene rings is 1. The minimum atomic E-state index is -0.784. The lowest BCUT2D eigenvalue weighted by molar-refractivity contribution is 0.146. The van der Waals surface area contributed by atoms with Crippen LogP contribution in [0.1, 0.15) is 23.2 Å². The average Bonchev–Trinajstić information content (AvgIpc) is 2.86. The van der Waals surface area contributed by atoms with Crippen LogP contribution in [0.25, 0.3) is 0 Å². The van der Waals surface area contributed by atoms with Gasteiger partial charge in [-0.2, -0.15) is 0 Å². The second-order valence-corrected chi connectivity index (χ2v) is 5.24. The molecule has 0 saturated heterocycles. The standard InChI is InChI=1S/C15H17BrO4/c1-10-3-5-14(20-10)15(17)11-4-6-13(12(16)9-11)19-8-7-18-2/h3-6,9,15,17H,7-8H2,1-2H3. The molecule has 2 rings (SSSR count). The van der Waals surface area contributed by atoms with Crippen molar-refractivity contribution >= 4 is 15.9 Å². The molecule has 0 spiro atoms. The van der Waals surface area contributed by atoms with Crippen molar-refractivity contribution in [1.29, 1.82) is 0 Å². The van der Waals surface area contributed by atoms with Gasteiger partial charge in [0.1, 0.15) is 30.0 Å². The van der Waals surface area contributed by atoms with E-state index in [4.69, 9.17) is 13.9 Å². The minimum absolute atomic E-state index is 0.481. The van der Waals surface area contributed by atoms with E-state index in [0.29, 0.717) is 24.7 Å². The molecule has 108 valence electrons. The van der Waals surface area contributed by atoms with Crippen LogP contribution in [0.2, 0.25) is 0 Å². The first-order valence-electron chi connectivity index (χ1n) is 6.27. The van der Waals surface area contributed by atoms with Gasteiger partial charge in [0.25, 0.3) is 0 Å². The van der Waals surface area contributed by atoms with Crippen LogP contribution in [0.15, 0.2) is 39.2 Å². The normalized spacial score (nSPS) is 12.4. The molecule has 4 nitrogen and oxygen atoms in total. The second kappa shape index (κ2) is 6.92. The van der Waals surface area contributed by atoms with E-state index in [1.54, 1.807) is 13.2 Å². The van der Waals surface area contributed by atoms with Crippen molar-refractivity contribution in [2.75, 3.05) is 20.3 Å². The second-order valence-electron chi connectivity index (χ2n) is 4.38. The van der Waals surface area contributed by atoms with Crippen molar-refractivity contribution in [3.8, 4) is 5.75 Å². The van der Waals surface area contributed by atoms with Crippen molar-refractivity contribution in [1.82, 2.24) is 0 Å². The fourth-order valence-corrected chi connectivity index (χ4v) is 2.31. The van der Waals surface area contributed by atoms with E-state index in [0.717, 1.165) is 15.8 Å². The van der Waals surface area contributed by atoms with E-state index < -0.39 is 6.10 Å². The third-order valence-corrected chi connectivity index (χ3v) is 3.47. The van der Waals surface area contributed by atoms with E-state index >= 15 is 0 Å². The van der Waals surface area contributed by atoms with Crippen molar-refractivity contribution < 1.29 is 19.0 Å². The Kier molecular flexibility index (Phi) is 5.23. The Bertz CT molecular complexity index is 565. The molecule has 1 aromatic carbocycles. The molecule has 1 atom stereocenters. The predicted octanol–water partition coefficient (Wildman–Crippen LogP) is 3.46. The maximum absolute atomic E-state index is 10.3. The first-order chi connectivity index (χ1) is 9.61. The molecule has 0 bridgehead atoms. The van der Waals surface area contributed by atoms with Gasteiger partial charge in [0.15, 0.2) is 0 Å². The lowest BCUT2D eigenvalue weighted by Crippen LogP contribution is -2.05. The molecule has 0 radical (unpaired) electrons. The largest absolute Gasteiger partial charge is 0.490 e. The summed E-state index contributed by atoms with van der Waals surface area (Å²) >= 11 is 3.44. The van der Waals surface area contributed by atoms with Crippen LogP contribution < -0.4 is 4.74 Å². The summed E-state index contributed by atoms with van der Waals surface area (Å²) < 4.78 is 16.7. The lowest BCUT2D eigenvalue weighted by atomic mass is 10.1. The number of aliphatic hydroxyl groups is 1. The number of hydrogen-bond donors (Lipinski definition) is 1. The topological polar surface area (TPSA) is 51.8 Å². The molecular formula is C15H17BrO4. The summed E-state index contributed by atoms with van der Waals surface area (Å²) in [7, 11) is 1.63. The number of rotatable bonds is 6. The maximum Gasteiger partial charge on any atom is 0.137 e. The van der Waals surface area contributed by atoms with Crippen LogP contribution in [0.3, 0.4) is 0 Å². The van der Waals surface area contributed by atoms with Gasteiger partial charge in [-0.3, -0.25) is 0 Å². The van der Waals surface area contributed by atoms with Gasteiger partial charge in [-0.1, -0.05) is 6.07 Å². The van der Waals surface area contributed by atoms with Gasteiger partial charge in [-0.05, 0) is 52.7 Å². The molecule has 0 aliphatic carbocycles. The van der Waals surface area contributed by atoms with Gasteiger partial charge in [0.05, 0.1) is 11.1 Å². The number of ether oxygens (including phenoxy) is 2. The smallest absolute Gasteiger partial charge is 0.137 e. The monoisotopic (exact) mass is 340 g/mol. The van der Waals surface area contributed by atoms with Crippen LogP contribution in [-0.2, 0) is 4.74 Å². The van der Waals surface area contributed by atoms with Crippen molar-refractivity contribution in [2.24, 2.45) is 0 Å². The molecule has 0 fully saturated rings. The van der Waals surface area contributed by atoms with Gasteiger partial charge in [0, 0.05) is 7.11 Å². The zero-order chi connectivity index (χ0) is 14.5. The third kappa shape index (κ3) is 3.62. The van der Waals surface area contributed by atoms with Gasteiger partial charge < -0.3 is 19.0 Å². The highest BCUT2D eigenvalue weighted by Crippen LogP contribution is 2.31. The Hall–Kier alpha value is -1.30. The zero-order valence-electron chi connectivity index (χ0n) is 11.4. The molecule has 1 N–H and O–H groups in total. The van der Waals surface area contributed by atoms with Gasteiger partial charge in [-0.25, -0.2) is 0 Å². The summed E-state index contributed by atoms with van der Waals surface area (Å²) in [5.41, 5.74) is 0.741. The van der Waals surface area contributed by atoms with Gasteiger partial charge in [0.2, 0.25) is 0 Å². The summed E-state index contributed by atoms with van der Waals surface area (Å²) in [6, 6.07) is 9.06. The fourth-order valence-electron chi connectivity index (χ4n) is 1.80. The Morgan fingerprint density at radius 2 is 2.05 bits per heavy atom. The highest BCUT2D eigenvalue weighted by Gasteiger charge is 2.15. The van der Waals surface area contributed by atoms with E-state index in [-0.39, 0.29) is 0 Å². The summed E-state index contributed by atoms with van der Waals surface area (Å²) in [5, 5.41) is 10.3. The molecule has 5 heteroatoms. The minimum Gasteiger partial charge on any atom is -0.490 e. The first-order valence-corrected chi connectivity index (χ1v) is 7.06. The number of aliphatic hydroxyl groups excluding tert-OH is 1. The summed E-state index contributed by atoms with van der Waals surface area (Å²) in [4.78, 5) is 0. The predicted molar refractivity (Wildman–Crippen MR) is 79.0 cm³/mol. The molecule has 1 aromatic heterocycles. The molecular weight excluding hydrogens is 324 g/mol. The number of halogens is 1. The number of hydrogen-bond acceptors (Lipinski definition) is 4. The van der Waals surface area contributed by atoms with Crippen molar-refractivity contribution in [2.45, 2.75) is 13.0 Å². The van der Waals surface area contributed by atoms with E-state index in [1.807, 2.05) is 31.2 Å². The highest BCUT2D eigenvalue weighted by atomic mass is 79.9. The van der Waals surface area contributed by atoms with E-state index in [9.17, 15) is 5.11 Å². The first kappa shape index (κ1) is 15.1. The van der Waals surface area contributed by atoms with Crippen molar-refractivity contribution in [3.05, 3.63) is 51.9 Å². The third-order valence-electron chi connectivity index (χ3n) is 2.85. The summed E-state index contributed by atoms with van der Waals surface area (Å²) in [6.07, 6.45) is -0.784. The number of methoxy groups -OCH3 is 1. The van der Waals surface area contributed by atoms with Crippen LogP contribution in [0, 0.1) is 6.92 Å². The molecule has 0 aliphatic heterocycles. The summed E-state index contributed by atoms with van der Waals surface area (Å²) in [6.45, 7) is 2.86. The molecule has 0 amide bonds. The summed E-state index contributed by atoms with van der Waals surface area (Å²) in [5.74, 6) is 2.02. The van der Waals surface area contributed by atoms with Crippen LogP contribution in [0.5, 0.6) is 5.75 Å². The Morgan fingerprint density at radius 3 is 2.65 bits per heavy atom. The molecule has 20 heavy (non-hydrogen) atoms. The average molecular weight is 341 g/mol. The van der Waals surface area contributed by atoms with Gasteiger partial charge >= 0.3 is 0 Å². The maximum atomic E-state index is 10.3. The molecule has 0 saturated carbocycles. The fraction of sp³-hybridized carbons (Fsp3) is 0.333. The van der Waals surface area contributed by atoms with Crippen LogP contribution in [0.4, 0.5) is 0 Å². The highest BCUT2D eigenvalue weighted by molar-refractivity contribution is 9.10. The molecule has 1 heterocycles. The van der Waals surface area contributed by atoms with E-state index in [1.165, 1.54) is 0 Å². The molecule has 0 aliphatic rings. The van der Waals surface area contributed by atoms with Crippen molar-refractivity contribution in [3.63, 3.8) is 0 Å². The van der Waals surface area contributed by atoms with E-state index in [2.05, 4.69) is 15.9 Å². The number of aryl methyl sites for hydroxylation is 1. The Balaban J connectivity index is 2.12. The van der Waals surface area contributed by atoms with Crippen LogP contribution >= 0.6 is 15.9 Å². The zero-order valence-corrected chi connectivity index (χ0v) is 13.0. The lowest BCUT2D eigenvalue weighted by Gasteiger charge is -2.12. The quantitative estimate of drug-likeness (QED) is 0.818. The van der Waals surface area contributed by atoms with Gasteiger partial charge in [-0.15, -0.1) is 0 Å².